The molecule has 2 aromatic heterocycles. The van der Waals surface area contributed by atoms with Crippen molar-refractivity contribution < 1.29 is 14.4 Å². The Morgan fingerprint density at radius 3 is 2.28 bits per heavy atom. The molecule has 2 N–H and O–H groups in total. The fourth-order valence-electron chi connectivity index (χ4n) is 2.64. The summed E-state index contributed by atoms with van der Waals surface area (Å²) in [5, 5.41) is 7.13. The van der Waals surface area contributed by atoms with Gasteiger partial charge in [-0.3, -0.25) is 4.79 Å². The van der Waals surface area contributed by atoms with Gasteiger partial charge in [0.2, 0.25) is 0 Å². The van der Waals surface area contributed by atoms with E-state index in [1.807, 2.05) is 24.3 Å². The van der Waals surface area contributed by atoms with Crippen molar-refractivity contribution in [3.05, 3.63) is 69.0 Å². The molecule has 1 amide bonds. The number of carbonyl (C=O) groups is 1. The Kier molecular flexibility index (Phi) is 6.22. The third kappa shape index (κ3) is 5.42. The lowest BCUT2D eigenvalue weighted by atomic mass is 10.3. The number of nitrogens with one attached hydrogen (secondary N) is 2. The van der Waals surface area contributed by atoms with E-state index in [2.05, 4.69) is 40.3 Å². The Morgan fingerprint density at radius 1 is 1.04 bits per heavy atom. The standard InChI is InChI=1S/C19H20N2O2S2/c1-23-16-6-2-5-15(11-16)20-19(22)14-21(12-17-7-3-9-24-17)13-18-8-4-10-25-18/h2-11H,12-14H2,1H3,(H,20,22)/p+1. The largest absolute Gasteiger partial charge is 0.497 e. The Hall–Kier alpha value is -2.15. The fraction of sp³-hybridized carbons (Fsp3) is 0.211. The van der Waals surface area contributed by atoms with Crippen LogP contribution in [0.4, 0.5) is 5.69 Å². The van der Waals surface area contributed by atoms with E-state index in [0.717, 1.165) is 24.5 Å². The minimum absolute atomic E-state index is 0.0105. The van der Waals surface area contributed by atoms with Crippen LogP contribution in [-0.2, 0) is 17.9 Å². The number of amides is 1. The molecule has 0 aliphatic rings. The molecule has 0 saturated heterocycles. The highest BCUT2D eigenvalue weighted by molar-refractivity contribution is 7.10. The Bertz CT molecular complexity index is 749. The molecule has 130 valence electrons. The number of carbonyl (C=O) groups excluding carboxylic acids is 1. The molecule has 2 heterocycles. The second-order valence-electron chi connectivity index (χ2n) is 5.72. The van der Waals surface area contributed by atoms with Gasteiger partial charge in [0.05, 0.1) is 16.9 Å². The third-order valence-corrected chi connectivity index (χ3v) is 5.53. The van der Waals surface area contributed by atoms with Crippen LogP contribution < -0.4 is 15.0 Å². The zero-order chi connectivity index (χ0) is 17.5. The van der Waals surface area contributed by atoms with Crippen molar-refractivity contribution >= 4 is 34.3 Å². The predicted octanol–water partition coefficient (Wildman–Crippen LogP) is 3.04. The average Bonchev–Trinajstić information content (AvgIpc) is 3.29. The summed E-state index contributed by atoms with van der Waals surface area (Å²) in [6.07, 6.45) is 0. The number of anilines is 1. The van der Waals surface area contributed by atoms with Gasteiger partial charge in [0.25, 0.3) is 5.91 Å². The summed E-state index contributed by atoms with van der Waals surface area (Å²) in [5.74, 6) is 0.746. The van der Waals surface area contributed by atoms with E-state index < -0.39 is 0 Å². The number of hydrogen-bond donors (Lipinski definition) is 2. The SMILES string of the molecule is COc1cccc(NC(=O)C[NH+](Cc2cccs2)Cc2cccs2)c1. The van der Waals surface area contributed by atoms with Gasteiger partial charge in [-0.15, -0.1) is 22.7 Å². The van der Waals surface area contributed by atoms with Gasteiger partial charge >= 0.3 is 0 Å². The lowest BCUT2D eigenvalue weighted by Gasteiger charge is -2.18. The van der Waals surface area contributed by atoms with E-state index in [1.54, 1.807) is 29.8 Å². The molecule has 0 atom stereocenters. The van der Waals surface area contributed by atoms with Gasteiger partial charge in [-0.2, -0.15) is 0 Å². The molecule has 0 aliphatic carbocycles. The summed E-state index contributed by atoms with van der Waals surface area (Å²) in [7, 11) is 1.62. The number of rotatable bonds is 8. The second-order valence-corrected chi connectivity index (χ2v) is 7.78. The topological polar surface area (TPSA) is 42.8 Å². The van der Waals surface area contributed by atoms with Gasteiger partial charge in [0, 0.05) is 11.8 Å². The van der Waals surface area contributed by atoms with E-state index in [-0.39, 0.29) is 5.91 Å². The number of hydrogen-bond acceptors (Lipinski definition) is 4. The molecule has 0 bridgehead atoms. The molecular formula is C19H21N2O2S2+. The molecule has 0 saturated carbocycles. The van der Waals surface area contributed by atoms with Crippen molar-refractivity contribution in [1.29, 1.82) is 0 Å². The first-order valence-electron chi connectivity index (χ1n) is 8.05. The zero-order valence-corrected chi connectivity index (χ0v) is 15.7. The molecule has 0 fully saturated rings. The van der Waals surface area contributed by atoms with Crippen molar-refractivity contribution in [2.24, 2.45) is 0 Å². The normalized spacial score (nSPS) is 10.8. The van der Waals surface area contributed by atoms with Crippen LogP contribution in [0.3, 0.4) is 0 Å². The van der Waals surface area contributed by atoms with E-state index in [1.165, 1.54) is 14.7 Å². The smallest absolute Gasteiger partial charge is 0.279 e. The predicted molar refractivity (Wildman–Crippen MR) is 103 cm³/mol. The van der Waals surface area contributed by atoms with Gasteiger partial charge in [0.1, 0.15) is 18.8 Å². The first kappa shape index (κ1) is 17.7. The maximum absolute atomic E-state index is 12.5. The summed E-state index contributed by atoms with van der Waals surface area (Å²) in [6.45, 7) is 2.12. The van der Waals surface area contributed by atoms with Crippen molar-refractivity contribution in [2.75, 3.05) is 19.0 Å². The summed E-state index contributed by atoms with van der Waals surface area (Å²) >= 11 is 3.47. The van der Waals surface area contributed by atoms with Crippen molar-refractivity contribution in [1.82, 2.24) is 0 Å². The summed E-state index contributed by atoms with van der Waals surface area (Å²) in [4.78, 5) is 16.3. The Morgan fingerprint density at radius 2 is 1.72 bits per heavy atom. The van der Waals surface area contributed by atoms with E-state index in [4.69, 9.17) is 4.74 Å². The minimum Gasteiger partial charge on any atom is -0.497 e. The van der Waals surface area contributed by atoms with E-state index >= 15 is 0 Å². The van der Waals surface area contributed by atoms with Crippen LogP contribution in [0.2, 0.25) is 0 Å². The highest BCUT2D eigenvalue weighted by Crippen LogP contribution is 2.16. The van der Waals surface area contributed by atoms with Gasteiger partial charge in [-0.1, -0.05) is 18.2 Å². The molecular weight excluding hydrogens is 352 g/mol. The fourth-order valence-corrected chi connectivity index (χ4v) is 4.19. The van der Waals surface area contributed by atoms with Crippen molar-refractivity contribution in [2.45, 2.75) is 13.1 Å². The number of quaternary nitrogens is 1. The molecule has 0 spiro atoms. The number of methoxy groups -OCH3 is 1. The molecule has 3 aromatic rings. The average molecular weight is 374 g/mol. The Balaban J connectivity index is 1.64. The molecule has 0 aliphatic heterocycles. The summed E-state index contributed by atoms with van der Waals surface area (Å²) in [6, 6.07) is 15.8. The number of benzene rings is 1. The van der Waals surface area contributed by atoms with E-state index in [0.29, 0.717) is 6.54 Å². The lowest BCUT2D eigenvalue weighted by Crippen LogP contribution is -3.10. The summed E-state index contributed by atoms with van der Waals surface area (Å²) < 4.78 is 5.20. The molecule has 3 rings (SSSR count). The molecule has 6 heteroatoms. The maximum atomic E-state index is 12.5. The van der Waals surface area contributed by atoms with Crippen LogP contribution in [0.25, 0.3) is 0 Å². The van der Waals surface area contributed by atoms with Gasteiger partial charge < -0.3 is 15.0 Å². The maximum Gasteiger partial charge on any atom is 0.279 e. The number of thiophene rings is 2. The van der Waals surface area contributed by atoms with Gasteiger partial charge in [-0.05, 0) is 35.0 Å². The van der Waals surface area contributed by atoms with E-state index in [9.17, 15) is 4.79 Å². The highest BCUT2D eigenvalue weighted by atomic mass is 32.1. The highest BCUT2D eigenvalue weighted by Gasteiger charge is 2.17. The quantitative estimate of drug-likeness (QED) is 0.637. The van der Waals surface area contributed by atoms with Crippen LogP contribution >= 0.6 is 22.7 Å². The zero-order valence-electron chi connectivity index (χ0n) is 14.0. The lowest BCUT2D eigenvalue weighted by molar-refractivity contribution is -0.918. The third-order valence-electron chi connectivity index (χ3n) is 3.77. The van der Waals surface area contributed by atoms with Gasteiger partial charge in [-0.25, -0.2) is 0 Å². The molecule has 0 unspecified atom stereocenters. The number of ether oxygens (including phenoxy) is 1. The summed E-state index contributed by atoms with van der Waals surface area (Å²) in [5.41, 5.74) is 0.760. The van der Waals surface area contributed by atoms with Gasteiger partial charge in [0.15, 0.2) is 6.54 Å². The van der Waals surface area contributed by atoms with Crippen LogP contribution in [0, 0.1) is 0 Å². The Labute approximate surface area is 155 Å². The first-order valence-corrected chi connectivity index (χ1v) is 9.81. The van der Waals surface area contributed by atoms with Crippen LogP contribution in [-0.4, -0.2) is 19.6 Å². The van der Waals surface area contributed by atoms with Crippen LogP contribution in [0.15, 0.2) is 59.3 Å². The van der Waals surface area contributed by atoms with Crippen LogP contribution in [0.5, 0.6) is 5.75 Å². The van der Waals surface area contributed by atoms with Crippen LogP contribution in [0.1, 0.15) is 9.75 Å². The molecule has 4 nitrogen and oxygen atoms in total. The molecule has 0 radical (unpaired) electrons. The molecule has 1 aromatic carbocycles. The van der Waals surface area contributed by atoms with Crippen molar-refractivity contribution in [3.63, 3.8) is 0 Å². The van der Waals surface area contributed by atoms with Crippen molar-refractivity contribution in [3.8, 4) is 5.75 Å². The first-order chi connectivity index (χ1) is 12.2. The minimum atomic E-state index is 0.0105. The monoisotopic (exact) mass is 373 g/mol. The molecule has 25 heavy (non-hydrogen) atoms. The second kappa shape index (κ2) is 8.80.